The van der Waals surface area contributed by atoms with Crippen molar-refractivity contribution in [3.63, 3.8) is 0 Å². The van der Waals surface area contributed by atoms with E-state index in [-0.39, 0.29) is 17.7 Å². The third kappa shape index (κ3) is 8.85. The summed E-state index contributed by atoms with van der Waals surface area (Å²) in [6.07, 6.45) is 9.82. The molecule has 1 N–H and O–H groups in total. The Bertz CT molecular complexity index is 470. The zero-order chi connectivity index (χ0) is 17.6. The summed E-state index contributed by atoms with van der Waals surface area (Å²) in [5.74, 6) is 0.281. The average molecular weight is 332 g/mol. The highest BCUT2D eigenvalue weighted by Crippen LogP contribution is 2.10. The van der Waals surface area contributed by atoms with E-state index < -0.39 is 0 Å². The first-order chi connectivity index (χ1) is 11.7. The molecule has 1 unspecified atom stereocenters. The van der Waals surface area contributed by atoms with Gasteiger partial charge in [-0.05, 0) is 19.3 Å². The molecule has 0 bridgehead atoms. The molecule has 0 aliphatic carbocycles. The molecule has 1 rings (SSSR count). The van der Waals surface area contributed by atoms with Crippen LogP contribution in [0.1, 0.15) is 88.4 Å². The molecule has 0 radical (unpaired) electrons. The fraction of sp³-hybridized carbons (Fsp3) is 0.619. The average Bonchev–Trinajstić information content (AvgIpc) is 2.62. The fourth-order valence-corrected chi connectivity index (χ4v) is 2.82. The van der Waals surface area contributed by atoms with Crippen molar-refractivity contribution in [1.82, 2.24) is 5.32 Å². The van der Waals surface area contributed by atoms with Crippen LogP contribution in [0.25, 0.3) is 0 Å². The van der Waals surface area contributed by atoms with E-state index in [9.17, 15) is 9.59 Å². The van der Waals surface area contributed by atoms with Gasteiger partial charge in [-0.1, -0.05) is 76.3 Å². The molecular weight excluding hydrogens is 298 g/mol. The smallest absolute Gasteiger partial charge is 0.220 e. The molecule has 0 spiro atoms. The largest absolute Gasteiger partial charge is 0.353 e. The molecule has 0 aliphatic heterocycles. The topological polar surface area (TPSA) is 46.2 Å². The number of benzene rings is 1. The van der Waals surface area contributed by atoms with Gasteiger partial charge in [-0.2, -0.15) is 0 Å². The van der Waals surface area contributed by atoms with E-state index in [4.69, 9.17) is 0 Å². The molecule has 1 aromatic rings. The van der Waals surface area contributed by atoms with E-state index in [0.717, 1.165) is 24.8 Å². The van der Waals surface area contributed by atoms with Crippen LogP contribution in [-0.4, -0.2) is 17.7 Å². The van der Waals surface area contributed by atoms with Gasteiger partial charge in [0, 0.05) is 24.4 Å². The molecule has 3 heteroatoms. The lowest BCUT2D eigenvalue weighted by atomic mass is 10.0. The summed E-state index contributed by atoms with van der Waals surface area (Å²) in [5, 5.41) is 3.08. The number of unbranched alkanes of at least 4 members (excludes halogenated alkanes) is 5. The molecule has 0 fully saturated rings. The molecule has 134 valence electrons. The monoisotopic (exact) mass is 331 g/mol. The van der Waals surface area contributed by atoms with E-state index >= 15 is 0 Å². The number of Topliss-reactive ketones (excluding diaryl/α,β-unsaturated/α-hetero) is 1. The lowest BCUT2D eigenvalue weighted by Crippen LogP contribution is -2.34. The minimum atomic E-state index is 0.102. The van der Waals surface area contributed by atoms with Crippen molar-refractivity contribution in [3.05, 3.63) is 35.9 Å². The van der Waals surface area contributed by atoms with Crippen molar-refractivity contribution < 1.29 is 9.59 Å². The second-order valence-electron chi connectivity index (χ2n) is 6.52. The Morgan fingerprint density at radius 2 is 1.58 bits per heavy atom. The maximum Gasteiger partial charge on any atom is 0.220 e. The van der Waals surface area contributed by atoms with Crippen molar-refractivity contribution in [3.8, 4) is 0 Å². The molecule has 1 amide bonds. The standard InChI is InChI=1S/C21H33NO2/c1-3-5-6-7-8-12-15-21(24)22-19(4-2)16-17-20(23)18-13-10-9-11-14-18/h9-11,13-14,19H,3-8,12,15-17H2,1-2H3,(H,22,24). The van der Waals surface area contributed by atoms with E-state index in [1.807, 2.05) is 30.3 Å². The molecule has 0 saturated heterocycles. The normalized spacial score (nSPS) is 11.9. The highest BCUT2D eigenvalue weighted by atomic mass is 16.1. The Morgan fingerprint density at radius 3 is 2.25 bits per heavy atom. The van der Waals surface area contributed by atoms with Gasteiger partial charge in [0.05, 0.1) is 0 Å². The summed E-state index contributed by atoms with van der Waals surface area (Å²) in [4.78, 5) is 24.2. The second-order valence-corrected chi connectivity index (χ2v) is 6.52. The number of hydrogen-bond donors (Lipinski definition) is 1. The van der Waals surface area contributed by atoms with Gasteiger partial charge < -0.3 is 5.32 Å². The van der Waals surface area contributed by atoms with Crippen LogP contribution < -0.4 is 5.32 Å². The van der Waals surface area contributed by atoms with Crippen LogP contribution in [-0.2, 0) is 4.79 Å². The van der Waals surface area contributed by atoms with Gasteiger partial charge in [0.2, 0.25) is 5.91 Å². The van der Waals surface area contributed by atoms with Gasteiger partial charge in [0.1, 0.15) is 0 Å². The molecule has 0 saturated carbocycles. The van der Waals surface area contributed by atoms with Crippen molar-refractivity contribution in [2.45, 2.75) is 84.1 Å². The number of amides is 1. The van der Waals surface area contributed by atoms with Crippen LogP contribution in [0.5, 0.6) is 0 Å². The number of nitrogens with one attached hydrogen (secondary N) is 1. The first kappa shape index (κ1) is 20.4. The third-order valence-corrected chi connectivity index (χ3v) is 4.43. The highest BCUT2D eigenvalue weighted by molar-refractivity contribution is 5.96. The highest BCUT2D eigenvalue weighted by Gasteiger charge is 2.13. The van der Waals surface area contributed by atoms with Gasteiger partial charge >= 0.3 is 0 Å². The van der Waals surface area contributed by atoms with E-state index in [0.29, 0.717) is 19.3 Å². The SMILES string of the molecule is CCCCCCCCC(=O)NC(CC)CCC(=O)c1ccccc1. The summed E-state index contributed by atoms with van der Waals surface area (Å²) < 4.78 is 0. The number of hydrogen-bond acceptors (Lipinski definition) is 2. The summed E-state index contributed by atoms with van der Waals surface area (Å²) >= 11 is 0. The first-order valence-corrected chi connectivity index (χ1v) is 9.55. The zero-order valence-corrected chi connectivity index (χ0v) is 15.4. The molecule has 0 aliphatic rings. The minimum absolute atomic E-state index is 0.102. The van der Waals surface area contributed by atoms with Gasteiger partial charge in [-0.3, -0.25) is 9.59 Å². The first-order valence-electron chi connectivity index (χ1n) is 9.55. The Hall–Kier alpha value is -1.64. The van der Waals surface area contributed by atoms with Crippen LogP contribution in [0, 0.1) is 0 Å². The van der Waals surface area contributed by atoms with Crippen LogP contribution in [0.3, 0.4) is 0 Å². The summed E-state index contributed by atoms with van der Waals surface area (Å²) in [5.41, 5.74) is 0.755. The molecule has 3 nitrogen and oxygen atoms in total. The van der Waals surface area contributed by atoms with E-state index in [1.54, 1.807) is 0 Å². The molecular formula is C21H33NO2. The van der Waals surface area contributed by atoms with Gasteiger partial charge in [0.15, 0.2) is 5.78 Å². The van der Waals surface area contributed by atoms with Gasteiger partial charge in [0.25, 0.3) is 0 Å². The Morgan fingerprint density at radius 1 is 0.917 bits per heavy atom. The van der Waals surface area contributed by atoms with Crippen LogP contribution in [0.4, 0.5) is 0 Å². The number of carbonyl (C=O) groups is 2. The van der Waals surface area contributed by atoms with E-state index in [2.05, 4.69) is 19.2 Å². The van der Waals surface area contributed by atoms with E-state index in [1.165, 1.54) is 25.7 Å². The molecule has 0 heterocycles. The Kier molecular flexibility index (Phi) is 10.8. The molecule has 24 heavy (non-hydrogen) atoms. The van der Waals surface area contributed by atoms with Crippen molar-refractivity contribution in [2.75, 3.05) is 0 Å². The predicted octanol–water partition coefficient (Wildman–Crippen LogP) is 5.29. The Balaban J connectivity index is 2.21. The molecule has 0 aromatic heterocycles. The Labute approximate surface area is 147 Å². The maximum absolute atomic E-state index is 12.1. The van der Waals surface area contributed by atoms with Crippen LogP contribution >= 0.6 is 0 Å². The maximum atomic E-state index is 12.1. The van der Waals surface area contributed by atoms with Crippen molar-refractivity contribution in [2.24, 2.45) is 0 Å². The van der Waals surface area contributed by atoms with Crippen LogP contribution in [0.2, 0.25) is 0 Å². The third-order valence-electron chi connectivity index (χ3n) is 4.43. The number of rotatable bonds is 13. The quantitative estimate of drug-likeness (QED) is 0.394. The lowest BCUT2D eigenvalue weighted by Gasteiger charge is -2.16. The van der Waals surface area contributed by atoms with Gasteiger partial charge in [-0.25, -0.2) is 0 Å². The van der Waals surface area contributed by atoms with Crippen LogP contribution in [0.15, 0.2) is 30.3 Å². The predicted molar refractivity (Wildman–Crippen MR) is 100 cm³/mol. The zero-order valence-electron chi connectivity index (χ0n) is 15.4. The van der Waals surface area contributed by atoms with Gasteiger partial charge in [-0.15, -0.1) is 0 Å². The minimum Gasteiger partial charge on any atom is -0.353 e. The molecule has 1 atom stereocenters. The van der Waals surface area contributed by atoms with Crippen molar-refractivity contribution >= 4 is 11.7 Å². The number of carbonyl (C=O) groups excluding carboxylic acids is 2. The summed E-state index contributed by atoms with van der Waals surface area (Å²) in [6.45, 7) is 4.27. The number of ketones is 1. The molecule has 1 aromatic carbocycles. The lowest BCUT2D eigenvalue weighted by molar-refractivity contribution is -0.122. The summed E-state index contributed by atoms with van der Waals surface area (Å²) in [6, 6.07) is 9.47. The second kappa shape index (κ2) is 12.7. The van der Waals surface area contributed by atoms with Crippen molar-refractivity contribution in [1.29, 1.82) is 0 Å². The summed E-state index contributed by atoms with van der Waals surface area (Å²) in [7, 11) is 0. The fourth-order valence-electron chi connectivity index (χ4n) is 2.82.